The van der Waals surface area contributed by atoms with Gasteiger partial charge >= 0.3 is 0 Å². The highest BCUT2D eigenvalue weighted by molar-refractivity contribution is 5.43. The molecule has 0 saturated carbocycles. The SMILES string of the molecule is CCCNc1ccnc(CN(C)Cc2ccncc2)c1. The van der Waals surface area contributed by atoms with E-state index in [1.165, 1.54) is 5.56 Å². The van der Waals surface area contributed by atoms with Crippen LogP contribution in [-0.2, 0) is 13.1 Å². The quantitative estimate of drug-likeness (QED) is 0.840. The fourth-order valence-corrected chi connectivity index (χ4v) is 2.08. The lowest BCUT2D eigenvalue weighted by Gasteiger charge is -2.16. The monoisotopic (exact) mass is 270 g/mol. The van der Waals surface area contributed by atoms with Crippen molar-refractivity contribution in [2.75, 3.05) is 18.9 Å². The zero-order valence-corrected chi connectivity index (χ0v) is 12.2. The Morgan fingerprint density at radius 3 is 2.65 bits per heavy atom. The highest BCUT2D eigenvalue weighted by Crippen LogP contribution is 2.11. The molecule has 0 fully saturated rings. The smallest absolute Gasteiger partial charge is 0.0564 e. The molecule has 0 unspecified atom stereocenters. The van der Waals surface area contributed by atoms with E-state index < -0.39 is 0 Å². The van der Waals surface area contributed by atoms with E-state index in [0.29, 0.717) is 0 Å². The van der Waals surface area contributed by atoms with Crippen LogP contribution in [0.25, 0.3) is 0 Å². The van der Waals surface area contributed by atoms with E-state index in [-0.39, 0.29) is 0 Å². The number of nitrogens with one attached hydrogen (secondary N) is 1. The zero-order valence-electron chi connectivity index (χ0n) is 12.2. The van der Waals surface area contributed by atoms with Gasteiger partial charge in [-0.2, -0.15) is 0 Å². The molecule has 0 bridgehead atoms. The Balaban J connectivity index is 1.92. The molecule has 2 aromatic heterocycles. The molecule has 0 aliphatic rings. The van der Waals surface area contributed by atoms with Crippen molar-refractivity contribution in [1.29, 1.82) is 0 Å². The second kappa shape index (κ2) is 7.60. The lowest BCUT2D eigenvalue weighted by molar-refractivity contribution is 0.315. The Morgan fingerprint density at radius 2 is 1.90 bits per heavy atom. The van der Waals surface area contributed by atoms with Crippen molar-refractivity contribution < 1.29 is 0 Å². The molecule has 4 nitrogen and oxygen atoms in total. The van der Waals surface area contributed by atoms with Crippen LogP contribution >= 0.6 is 0 Å². The third kappa shape index (κ3) is 4.63. The van der Waals surface area contributed by atoms with E-state index in [9.17, 15) is 0 Å². The highest BCUT2D eigenvalue weighted by Gasteiger charge is 2.03. The number of hydrogen-bond acceptors (Lipinski definition) is 4. The molecule has 0 aromatic carbocycles. The van der Waals surface area contributed by atoms with Crippen molar-refractivity contribution in [1.82, 2.24) is 14.9 Å². The molecule has 0 amide bonds. The predicted octanol–water partition coefficient (Wildman–Crippen LogP) is 2.93. The molecular weight excluding hydrogens is 248 g/mol. The lowest BCUT2D eigenvalue weighted by atomic mass is 10.2. The van der Waals surface area contributed by atoms with Gasteiger partial charge in [0.15, 0.2) is 0 Å². The normalized spacial score (nSPS) is 10.8. The van der Waals surface area contributed by atoms with Gasteiger partial charge in [0.1, 0.15) is 0 Å². The van der Waals surface area contributed by atoms with Gasteiger partial charge in [-0.1, -0.05) is 6.92 Å². The topological polar surface area (TPSA) is 41.1 Å². The third-order valence-corrected chi connectivity index (χ3v) is 3.03. The van der Waals surface area contributed by atoms with Crippen LogP contribution in [0.3, 0.4) is 0 Å². The van der Waals surface area contributed by atoms with Gasteiger partial charge in [-0.25, -0.2) is 0 Å². The molecule has 0 saturated heterocycles. The Labute approximate surface area is 120 Å². The Bertz CT molecular complexity index is 513. The summed E-state index contributed by atoms with van der Waals surface area (Å²) in [5.74, 6) is 0. The Morgan fingerprint density at radius 1 is 1.10 bits per heavy atom. The summed E-state index contributed by atoms with van der Waals surface area (Å²) in [5.41, 5.74) is 3.50. The molecule has 4 heteroatoms. The van der Waals surface area contributed by atoms with Crippen molar-refractivity contribution in [2.45, 2.75) is 26.4 Å². The minimum atomic E-state index is 0.837. The van der Waals surface area contributed by atoms with Crippen molar-refractivity contribution in [3.8, 4) is 0 Å². The van der Waals surface area contributed by atoms with Crippen LogP contribution < -0.4 is 5.32 Å². The summed E-state index contributed by atoms with van der Waals surface area (Å²) in [6, 6.07) is 8.23. The zero-order chi connectivity index (χ0) is 14.2. The molecule has 2 rings (SSSR count). The van der Waals surface area contributed by atoms with Gasteiger partial charge in [-0.05, 0) is 43.3 Å². The van der Waals surface area contributed by atoms with Gasteiger partial charge in [-0.3, -0.25) is 14.9 Å². The van der Waals surface area contributed by atoms with Gasteiger partial charge in [0, 0.05) is 43.9 Å². The van der Waals surface area contributed by atoms with Crippen LogP contribution in [0.5, 0.6) is 0 Å². The maximum atomic E-state index is 4.44. The van der Waals surface area contributed by atoms with Crippen LogP contribution in [0, 0.1) is 0 Å². The van der Waals surface area contributed by atoms with Crippen molar-refractivity contribution in [3.05, 3.63) is 54.1 Å². The Kier molecular flexibility index (Phi) is 5.50. The summed E-state index contributed by atoms with van der Waals surface area (Å²) in [7, 11) is 2.11. The second-order valence-corrected chi connectivity index (χ2v) is 4.99. The molecular formula is C16H22N4. The number of pyridine rings is 2. The van der Waals surface area contributed by atoms with Crippen LogP contribution in [0.15, 0.2) is 42.9 Å². The van der Waals surface area contributed by atoms with Gasteiger partial charge in [0.2, 0.25) is 0 Å². The first-order valence-electron chi connectivity index (χ1n) is 7.04. The minimum absolute atomic E-state index is 0.837. The minimum Gasteiger partial charge on any atom is -0.385 e. The fourth-order valence-electron chi connectivity index (χ4n) is 2.08. The molecule has 2 aromatic rings. The molecule has 0 aliphatic heterocycles. The van der Waals surface area contributed by atoms with E-state index in [1.807, 2.05) is 36.8 Å². The van der Waals surface area contributed by atoms with Crippen molar-refractivity contribution >= 4 is 5.69 Å². The number of anilines is 1. The fraction of sp³-hybridized carbons (Fsp3) is 0.375. The molecule has 0 aliphatic carbocycles. The first-order chi connectivity index (χ1) is 9.78. The lowest BCUT2D eigenvalue weighted by Crippen LogP contribution is -2.18. The highest BCUT2D eigenvalue weighted by atomic mass is 15.1. The van der Waals surface area contributed by atoms with Crippen molar-refractivity contribution in [3.63, 3.8) is 0 Å². The van der Waals surface area contributed by atoms with Gasteiger partial charge in [-0.15, -0.1) is 0 Å². The molecule has 1 N–H and O–H groups in total. The van der Waals surface area contributed by atoms with Gasteiger partial charge in [0.05, 0.1) is 5.69 Å². The van der Waals surface area contributed by atoms with Crippen LogP contribution in [0.1, 0.15) is 24.6 Å². The summed E-state index contributed by atoms with van der Waals surface area (Å²) < 4.78 is 0. The van der Waals surface area contributed by atoms with Crippen molar-refractivity contribution in [2.24, 2.45) is 0 Å². The van der Waals surface area contributed by atoms with Crippen LogP contribution in [0.4, 0.5) is 5.69 Å². The number of aromatic nitrogens is 2. The first kappa shape index (κ1) is 14.5. The van der Waals surface area contributed by atoms with E-state index in [1.54, 1.807) is 0 Å². The summed E-state index contributed by atoms with van der Waals surface area (Å²) in [6.45, 7) is 4.90. The van der Waals surface area contributed by atoms with E-state index >= 15 is 0 Å². The third-order valence-electron chi connectivity index (χ3n) is 3.03. The summed E-state index contributed by atoms with van der Waals surface area (Å²) in [6.07, 6.45) is 6.65. The molecule has 2 heterocycles. The Hall–Kier alpha value is -1.94. The summed E-state index contributed by atoms with van der Waals surface area (Å²) in [5, 5.41) is 3.39. The standard InChI is InChI=1S/C16H22N4/c1-3-7-18-15-6-10-19-16(11-15)13-20(2)12-14-4-8-17-9-5-14/h4-6,8-11H,3,7,12-13H2,1-2H3,(H,18,19). The van der Waals surface area contributed by atoms with E-state index in [4.69, 9.17) is 0 Å². The van der Waals surface area contributed by atoms with Crippen LogP contribution in [0.2, 0.25) is 0 Å². The average Bonchev–Trinajstić information content (AvgIpc) is 2.46. The maximum absolute atomic E-state index is 4.44. The largest absolute Gasteiger partial charge is 0.385 e. The predicted molar refractivity (Wildman–Crippen MR) is 82.4 cm³/mol. The average molecular weight is 270 g/mol. The number of hydrogen-bond donors (Lipinski definition) is 1. The molecule has 0 atom stereocenters. The van der Waals surface area contributed by atoms with Gasteiger partial charge < -0.3 is 5.32 Å². The molecule has 20 heavy (non-hydrogen) atoms. The molecule has 0 spiro atoms. The first-order valence-corrected chi connectivity index (χ1v) is 7.04. The van der Waals surface area contributed by atoms with Crippen LogP contribution in [-0.4, -0.2) is 28.5 Å². The summed E-state index contributed by atoms with van der Waals surface area (Å²) >= 11 is 0. The molecule has 0 radical (unpaired) electrons. The number of nitrogens with zero attached hydrogens (tertiary/aromatic N) is 3. The number of rotatable bonds is 7. The van der Waals surface area contributed by atoms with Gasteiger partial charge in [0.25, 0.3) is 0 Å². The second-order valence-electron chi connectivity index (χ2n) is 4.99. The molecule has 106 valence electrons. The summed E-state index contributed by atoms with van der Waals surface area (Å²) in [4.78, 5) is 10.7. The maximum Gasteiger partial charge on any atom is 0.0564 e. The van der Waals surface area contributed by atoms with E-state index in [2.05, 4.69) is 40.2 Å². The van der Waals surface area contributed by atoms with E-state index in [0.717, 1.165) is 37.4 Å².